The van der Waals surface area contributed by atoms with Crippen LogP contribution in [-0.4, -0.2) is 9.78 Å². The number of fused-ring (bicyclic) bond motifs is 1. The summed E-state index contributed by atoms with van der Waals surface area (Å²) in [7, 11) is 0. The van der Waals surface area contributed by atoms with Gasteiger partial charge in [0.2, 0.25) is 0 Å². The number of hydrogen-bond acceptors (Lipinski definition) is 1. The third kappa shape index (κ3) is 1.39. The lowest BCUT2D eigenvalue weighted by Crippen LogP contribution is -2.17. The van der Waals surface area contributed by atoms with E-state index in [0.717, 1.165) is 36.2 Å². The number of hydrogen-bond donors (Lipinski definition) is 1. The van der Waals surface area contributed by atoms with Crippen molar-refractivity contribution in [1.29, 1.82) is 0 Å². The van der Waals surface area contributed by atoms with Gasteiger partial charge in [-0.15, -0.1) is 0 Å². The minimum absolute atomic E-state index is 0.0646. The molecule has 0 radical (unpaired) electrons. The van der Waals surface area contributed by atoms with E-state index in [4.69, 9.17) is 11.6 Å². The molecule has 1 aliphatic rings. The average Bonchev–Trinajstić information content (AvgIpc) is 2.82. The van der Waals surface area contributed by atoms with Crippen molar-refractivity contribution in [2.45, 2.75) is 19.3 Å². The number of H-pyrrole nitrogens is 1. The molecule has 16 heavy (non-hydrogen) atoms. The molecule has 1 aliphatic carbocycles. The molecule has 1 aromatic heterocycles. The summed E-state index contributed by atoms with van der Waals surface area (Å²) >= 11 is 5.91. The first kappa shape index (κ1) is 9.73. The summed E-state index contributed by atoms with van der Waals surface area (Å²) in [6, 6.07) is 7.30. The van der Waals surface area contributed by atoms with Crippen molar-refractivity contribution in [3.05, 3.63) is 50.9 Å². The van der Waals surface area contributed by atoms with Gasteiger partial charge >= 0.3 is 0 Å². The molecule has 0 fully saturated rings. The molecule has 3 nitrogen and oxygen atoms in total. The van der Waals surface area contributed by atoms with Crippen molar-refractivity contribution < 1.29 is 0 Å². The van der Waals surface area contributed by atoms with E-state index in [1.54, 1.807) is 16.8 Å². The maximum atomic E-state index is 12.1. The number of rotatable bonds is 1. The predicted octanol–water partition coefficient (Wildman–Crippen LogP) is 2.31. The highest BCUT2D eigenvalue weighted by Crippen LogP contribution is 2.19. The summed E-state index contributed by atoms with van der Waals surface area (Å²) in [4.78, 5) is 12.1. The topological polar surface area (TPSA) is 37.8 Å². The third-order valence-electron chi connectivity index (χ3n) is 2.99. The van der Waals surface area contributed by atoms with Crippen LogP contribution in [0.15, 0.2) is 29.1 Å². The molecule has 0 bridgehead atoms. The number of nitrogens with zero attached hydrogens (tertiary/aromatic N) is 1. The molecule has 0 amide bonds. The van der Waals surface area contributed by atoms with E-state index in [2.05, 4.69) is 5.10 Å². The van der Waals surface area contributed by atoms with E-state index in [1.807, 2.05) is 12.1 Å². The van der Waals surface area contributed by atoms with Crippen molar-refractivity contribution in [3.8, 4) is 5.69 Å². The molecule has 1 heterocycles. The van der Waals surface area contributed by atoms with Gasteiger partial charge in [-0.1, -0.05) is 17.7 Å². The average molecular weight is 235 g/mol. The Kier molecular flexibility index (Phi) is 2.14. The fraction of sp³-hybridized carbons (Fsp3) is 0.250. The second-order valence-electron chi connectivity index (χ2n) is 4.04. The van der Waals surface area contributed by atoms with Crippen LogP contribution in [0.4, 0.5) is 0 Å². The first-order valence-electron chi connectivity index (χ1n) is 5.34. The van der Waals surface area contributed by atoms with Gasteiger partial charge in [0, 0.05) is 16.3 Å². The SMILES string of the molecule is O=c1c2c([nH]n1-c1cccc(Cl)c1)CCC2. The van der Waals surface area contributed by atoms with Crippen LogP contribution in [0.5, 0.6) is 0 Å². The van der Waals surface area contributed by atoms with Gasteiger partial charge < -0.3 is 0 Å². The van der Waals surface area contributed by atoms with Crippen LogP contribution in [0.2, 0.25) is 5.02 Å². The van der Waals surface area contributed by atoms with Gasteiger partial charge in [0.05, 0.1) is 5.69 Å². The zero-order valence-electron chi connectivity index (χ0n) is 8.66. The highest BCUT2D eigenvalue weighted by atomic mass is 35.5. The number of aromatic amines is 1. The lowest BCUT2D eigenvalue weighted by atomic mass is 10.3. The van der Waals surface area contributed by atoms with Gasteiger partial charge in [0.25, 0.3) is 5.56 Å². The van der Waals surface area contributed by atoms with Gasteiger partial charge in [0.15, 0.2) is 0 Å². The maximum Gasteiger partial charge on any atom is 0.274 e. The number of aryl methyl sites for hydroxylation is 1. The minimum atomic E-state index is 0.0646. The largest absolute Gasteiger partial charge is 0.295 e. The fourth-order valence-corrected chi connectivity index (χ4v) is 2.41. The van der Waals surface area contributed by atoms with Crippen molar-refractivity contribution in [2.75, 3.05) is 0 Å². The Hall–Kier alpha value is -1.48. The lowest BCUT2D eigenvalue weighted by molar-refractivity contribution is 0.780. The standard InChI is InChI=1S/C12H11ClN2O/c13-8-3-1-4-9(7-8)15-12(16)10-5-2-6-11(10)14-15/h1,3-4,7,14H,2,5-6H2. The van der Waals surface area contributed by atoms with Gasteiger partial charge in [-0.3, -0.25) is 9.89 Å². The molecule has 82 valence electrons. The molecule has 0 saturated carbocycles. The van der Waals surface area contributed by atoms with E-state index in [0.29, 0.717) is 5.02 Å². The normalized spacial score (nSPS) is 14.1. The number of benzene rings is 1. The van der Waals surface area contributed by atoms with Crippen LogP contribution in [0.25, 0.3) is 5.69 Å². The molecular formula is C12H11ClN2O. The Bertz CT molecular complexity index is 597. The molecule has 0 unspecified atom stereocenters. The molecule has 0 atom stereocenters. The van der Waals surface area contributed by atoms with Gasteiger partial charge in [0.1, 0.15) is 0 Å². The molecule has 0 spiro atoms. The molecule has 2 aromatic rings. The van der Waals surface area contributed by atoms with Crippen molar-refractivity contribution in [1.82, 2.24) is 9.78 Å². The van der Waals surface area contributed by atoms with Gasteiger partial charge in [-0.05, 0) is 37.5 Å². The molecule has 4 heteroatoms. The van der Waals surface area contributed by atoms with E-state index >= 15 is 0 Å². The van der Waals surface area contributed by atoms with Crippen LogP contribution in [0.3, 0.4) is 0 Å². The second-order valence-corrected chi connectivity index (χ2v) is 4.48. The lowest BCUT2D eigenvalue weighted by Gasteiger charge is -2.02. The molecule has 1 N–H and O–H groups in total. The van der Waals surface area contributed by atoms with Gasteiger partial charge in [-0.25, -0.2) is 4.68 Å². The molecule has 1 aromatic carbocycles. The summed E-state index contributed by atoms with van der Waals surface area (Å²) in [5.74, 6) is 0. The van der Waals surface area contributed by atoms with E-state index in [-0.39, 0.29) is 5.56 Å². The predicted molar refractivity (Wildman–Crippen MR) is 63.4 cm³/mol. The van der Waals surface area contributed by atoms with E-state index in [9.17, 15) is 4.79 Å². The highest BCUT2D eigenvalue weighted by molar-refractivity contribution is 6.30. The quantitative estimate of drug-likeness (QED) is 0.808. The number of aromatic nitrogens is 2. The summed E-state index contributed by atoms with van der Waals surface area (Å²) < 4.78 is 1.58. The molecule has 0 saturated heterocycles. The Morgan fingerprint density at radius 1 is 1.31 bits per heavy atom. The van der Waals surface area contributed by atoms with Crippen molar-refractivity contribution >= 4 is 11.6 Å². The molecular weight excluding hydrogens is 224 g/mol. The summed E-state index contributed by atoms with van der Waals surface area (Å²) in [5.41, 5.74) is 2.87. The van der Waals surface area contributed by atoms with Gasteiger partial charge in [-0.2, -0.15) is 0 Å². The number of halogens is 1. The van der Waals surface area contributed by atoms with Crippen LogP contribution in [-0.2, 0) is 12.8 Å². The molecule has 0 aliphatic heterocycles. The van der Waals surface area contributed by atoms with Crippen LogP contribution < -0.4 is 5.56 Å². The maximum absolute atomic E-state index is 12.1. The monoisotopic (exact) mass is 234 g/mol. The Morgan fingerprint density at radius 2 is 2.19 bits per heavy atom. The first-order chi connectivity index (χ1) is 7.75. The van der Waals surface area contributed by atoms with Crippen LogP contribution in [0.1, 0.15) is 17.7 Å². The van der Waals surface area contributed by atoms with Crippen molar-refractivity contribution in [2.24, 2.45) is 0 Å². The summed E-state index contributed by atoms with van der Waals surface area (Å²) in [6.45, 7) is 0. The summed E-state index contributed by atoms with van der Waals surface area (Å²) in [5, 5.41) is 3.79. The zero-order chi connectivity index (χ0) is 11.1. The zero-order valence-corrected chi connectivity index (χ0v) is 9.42. The third-order valence-corrected chi connectivity index (χ3v) is 3.23. The van der Waals surface area contributed by atoms with E-state index < -0.39 is 0 Å². The van der Waals surface area contributed by atoms with Crippen LogP contribution in [0, 0.1) is 0 Å². The molecule has 3 rings (SSSR count). The number of nitrogens with one attached hydrogen (secondary N) is 1. The van der Waals surface area contributed by atoms with Crippen molar-refractivity contribution in [3.63, 3.8) is 0 Å². The first-order valence-corrected chi connectivity index (χ1v) is 5.72. The van der Waals surface area contributed by atoms with E-state index in [1.165, 1.54) is 0 Å². The Balaban J connectivity index is 2.18. The van der Waals surface area contributed by atoms with Crippen LogP contribution >= 0.6 is 11.6 Å². The second kappa shape index (κ2) is 3.52. The summed E-state index contributed by atoms with van der Waals surface area (Å²) in [6.07, 6.45) is 2.93. The Labute approximate surface area is 97.6 Å². The minimum Gasteiger partial charge on any atom is -0.295 e. The Morgan fingerprint density at radius 3 is 2.94 bits per heavy atom. The fourth-order valence-electron chi connectivity index (χ4n) is 2.22. The smallest absolute Gasteiger partial charge is 0.274 e. The highest BCUT2D eigenvalue weighted by Gasteiger charge is 2.19.